The van der Waals surface area contributed by atoms with Crippen molar-refractivity contribution in [3.63, 3.8) is 0 Å². The lowest BCUT2D eigenvalue weighted by atomic mass is 10.2. The zero-order chi connectivity index (χ0) is 11.7. The standard InChI is InChI=1S/C13H14N2O2/c1-9-14-13(15-17-9)11-4-6-12(7-5-11)16-8-10-2-3-10/h4-7,10H,2-3,8H2,1H3. The van der Waals surface area contributed by atoms with Crippen LogP contribution in [-0.2, 0) is 0 Å². The molecule has 1 fully saturated rings. The summed E-state index contributed by atoms with van der Waals surface area (Å²) < 4.78 is 10.6. The summed E-state index contributed by atoms with van der Waals surface area (Å²) in [6.45, 7) is 2.62. The average Bonchev–Trinajstić information content (AvgIpc) is 3.09. The highest BCUT2D eigenvalue weighted by Gasteiger charge is 2.21. The molecule has 4 heteroatoms. The highest BCUT2D eigenvalue weighted by Crippen LogP contribution is 2.29. The molecule has 1 aromatic heterocycles. The van der Waals surface area contributed by atoms with Crippen molar-refractivity contribution in [1.29, 1.82) is 0 Å². The molecule has 1 aliphatic carbocycles. The fourth-order valence-electron chi connectivity index (χ4n) is 1.62. The zero-order valence-electron chi connectivity index (χ0n) is 9.72. The predicted octanol–water partition coefficient (Wildman–Crippen LogP) is 2.83. The van der Waals surface area contributed by atoms with E-state index in [4.69, 9.17) is 9.26 Å². The lowest BCUT2D eigenvalue weighted by Gasteiger charge is -2.04. The molecule has 1 aliphatic rings. The van der Waals surface area contributed by atoms with Crippen LogP contribution in [-0.4, -0.2) is 16.7 Å². The van der Waals surface area contributed by atoms with Gasteiger partial charge in [0.1, 0.15) is 5.75 Å². The Hall–Kier alpha value is -1.84. The Balaban J connectivity index is 1.70. The molecule has 0 saturated heterocycles. The highest BCUT2D eigenvalue weighted by molar-refractivity contribution is 5.55. The molecule has 0 unspecified atom stereocenters. The summed E-state index contributed by atoms with van der Waals surface area (Å²) in [4.78, 5) is 4.18. The van der Waals surface area contributed by atoms with Crippen molar-refractivity contribution >= 4 is 0 Å². The smallest absolute Gasteiger partial charge is 0.223 e. The number of ether oxygens (including phenoxy) is 1. The molecule has 1 aromatic carbocycles. The second-order valence-corrected chi connectivity index (χ2v) is 4.42. The van der Waals surface area contributed by atoms with E-state index in [0.29, 0.717) is 11.7 Å². The Morgan fingerprint density at radius 1 is 1.29 bits per heavy atom. The van der Waals surface area contributed by atoms with Crippen molar-refractivity contribution in [3.05, 3.63) is 30.2 Å². The van der Waals surface area contributed by atoms with Gasteiger partial charge in [0, 0.05) is 12.5 Å². The van der Waals surface area contributed by atoms with Gasteiger partial charge in [0.2, 0.25) is 11.7 Å². The van der Waals surface area contributed by atoms with Gasteiger partial charge in [0.25, 0.3) is 0 Å². The van der Waals surface area contributed by atoms with Crippen LogP contribution in [0.1, 0.15) is 18.7 Å². The normalized spacial score (nSPS) is 14.9. The van der Waals surface area contributed by atoms with Gasteiger partial charge in [0.05, 0.1) is 6.61 Å². The monoisotopic (exact) mass is 230 g/mol. The topological polar surface area (TPSA) is 48.2 Å². The molecule has 0 spiro atoms. The number of nitrogens with zero attached hydrogens (tertiary/aromatic N) is 2. The summed E-state index contributed by atoms with van der Waals surface area (Å²) in [5.41, 5.74) is 0.945. The molecule has 0 amide bonds. The fourth-order valence-corrected chi connectivity index (χ4v) is 1.62. The van der Waals surface area contributed by atoms with Crippen molar-refractivity contribution in [1.82, 2.24) is 10.1 Å². The third-order valence-corrected chi connectivity index (χ3v) is 2.82. The Bertz CT molecular complexity index is 500. The van der Waals surface area contributed by atoms with Crippen molar-refractivity contribution in [2.24, 2.45) is 5.92 Å². The van der Waals surface area contributed by atoms with Crippen LogP contribution in [0.15, 0.2) is 28.8 Å². The Kier molecular flexibility index (Phi) is 2.55. The van der Waals surface area contributed by atoms with Gasteiger partial charge >= 0.3 is 0 Å². The van der Waals surface area contributed by atoms with Crippen LogP contribution in [0.3, 0.4) is 0 Å². The minimum atomic E-state index is 0.578. The molecular formula is C13H14N2O2. The van der Waals surface area contributed by atoms with Crippen molar-refractivity contribution in [2.75, 3.05) is 6.61 Å². The van der Waals surface area contributed by atoms with E-state index < -0.39 is 0 Å². The minimum Gasteiger partial charge on any atom is -0.493 e. The molecule has 1 heterocycles. The molecule has 0 aliphatic heterocycles. The van der Waals surface area contributed by atoms with Crippen LogP contribution in [0.5, 0.6) is 5.75 Å². The van der Waals surface area contributed by atoms with Gasteiger partial charge in [-0.1, -0.05) is 5.16 Å². The fraction of sp³-hybridized carbons (Fsp3) is 0.385. The molecule has 2 aromatic rings. The largest absolute Gasteiger partial charge is 0.493 e. The quantitative estimate of drug-likeness (QED) is 0.810. The summed E-state index contributed by atoms with van der Waals surface area (Å²) in [6, 6.07) is 7.80. The Labute approximate surface area is 99.6 Å². The number of hydrogen-bond donors (Lipinski definition) is 0. The predicted molar refractivity (Wildman–Crippen MR) is 62.7 cm³/mol. The average molecular weight is 230 g/mol. The first kappa shape index (κ1) is 10.3. The van der Waals surface area contributed by atoms with E-state index in [2.05, 4.69) is 10.1 Å². The zero-order valence-corrected chi connectivity index (χ0v) is 9.72. The maximum absolute atomic E-state index is 5.66. The van der Waals surface area contributed by atoms with Crippen LogP contribution in [0, 0.1) is 12.8 Å². The lowest BCUT2D eigenvalue weighted by molar-refractivity contribution is 0.300. The summed E-state index contributed by atoms with van der Waals surface area (Å²) >= 11 is 0. The first-order valence-corrected chi connectivity index (χ1v) is 5.85. The van der Waals surface area contributed by atoms with Gasteiger partial charge in [0.15, 0.2) is 0 Å². The van der Waals surface area contributed by atoms with E-state index in [9.17, 15) is 0 Å². The summed E-state index contributed by atoms with van der Waals surface area (Å²) in [6.07, 6.45) is 2.61. The van der Waals surface area contributed by atoms with Crippen LogP contribution < -0.4 is 4.74 Å². The van der Waals surface area contributed by atoms with E-state index in [0.717, 1.165) is 23.8 Å². The second-order valence-electron chi connectivity index (χ2n) is 4.42. The van der Waals surface area contributed by atoms with Gasteiger partial charge in [-0.15, -0.1) is 0 Å². The van der Waals surface area contributed by atoms with E-state index in [1.54, 1.807) is 6.92 Å². The van der Waals surface area contributed by atoms with Crippen LogP contribution in [0.4, 0.5) is 0 Å². The molecule has 0 bridgehead atoms. The number of rotatable bonds is 4. The van der Waals surface area contributed by atoms with Crippen molar-refractivity contribution < 1.29 is 9.26 Å². The molecule has 0 atom stereocenters. The maximum atomic E-state index is 5.66. The number of benzene rings is 1. The van der Waals surface area contributed by atoms with E-state index in [-0.39, 0.29) is 0 Å². The third kappa shape index (κ3) is 2.46. The molecule has 4 nitrogen and oxygen atoms in total. The number of aryl methyl sites for hydroxylation is 1. The van der Waals surface area contributed by atoms with Gasteiger partial charge in [-0.05, 0) is 43.0 Å². The maximum Gasteiger partial charge on any atom is 0.223 e. The highest BCUT2D eigenvalue weighted by atomic mass is 16.5. The molecule has 17 heavy (non-hydrogen) atoms. The molecule has 0 radical (unpaired) electrons. The van der Waals surface area contributed by atoms with Crippen LogP contribution in [0.25, 0.3) is 11.4 Å². The van der Waals surface area contributed by atoms with E-state index >= 15 is 0 Å². The van der Waals surface area contributed by atoms with Gasteiger partial charge in [-0.2, -0.15) is 4.98 Å². The molecule has 0 N–H and O–H groups in total. The molecular weight excluding hydrogens is 216 g/mol. The first-order valence-electron chi connectivity index (χ1n) is 5.85. The molecule has 1 saturated carbocycles. The third-order valence-electron chi connectivity index (χ3n) is 2.82. The summed E-state index contributed by atoms with van der Waals surface area (Å²) in [5, 5.41) is 3.87. The molecule has 3 rings (SSSR count). The van der Waals surface area contributed by atoms with Gasteiger partial charge < -0.3 is 9.26 Å². The Morgan fingerprint density at radius 3 is 2.65 bits per heavy atom. The van der Waals surface area contributed by atoms with E-state index in [1.165, 1.54) is 12.8 Å². The van der Waals surface area contributed by atoms with Gasteiger partial charge in [-0.25, -0.2) is 0 Å². The lowest BCUT2D eigenvalue weighted by Crippen LogP contribution is -1.98. The minimum absolute atomic E-state index is 0.578. The first-order chi connectivity index (χ1) is 8.31. The van der Waals surface area contributed by atoms with Crippen molar-refractivity contribution in [3.8, 4) is 17.1 Å². The molecule has 88 valence electrons. The van der Waals surface area contributed by atoms with Gasteiger partial charge in [-0.3, -0.25) is 0 Å². The SMILES string of the molecule is Cc1nc(-c2ccc(OCC3CC3)cc2)no1. The van der Waals surface area contributed by atoms with Crippen molar-refractivity contribution in [2.45, 2.75) is 19.8 Å². The number of aromatic nitrogens is 2. The second kappa shape index (κ2) is 4.20. The summed E-state index contributed by atoms with van der Waals surface area (Å²) in [7, 11) is 0. The van der Waals surface area contributed by atoms with E-state index in [1.807, 2.05) is 24.3 Å². The van der Waals surface area contributed by atoms with Crippen LogP contribution >= 0.6 is 0 Å². The van der Waals surface area contributed by atoms with Crippen LogP contribution in [0.2, 0.25) is 0 Å². The Morgan fingerprint density at radius 2 is 2.06 bits per heavy atom. The number of hydrogen-bond acceptors (Lipinski definition) is 4. The summed E-state index contributed by atoms with van der Waals surface area (Å²) in [5.74, 6) is 2.88.